The fourth-order valence-electron chi connectivity index (χ4n) is 3.17. The minimum absolute atomic E-state index is 0.187. The van der Waals surface area contributed by atoms with Crippen LogP contribution in [-0.4, -0.2) is 34.3 Å². The van der Waals surface area contributed by atoms with Crippen LogP contribution >= 0.6 is 22.9 Å². The lowest BCUT2D eigenvalue weighted by Gasteiger charge is -2.09. The monoisotopic (exact) mass is 488 g/mol. The number of thiazole rings is 1. The van der Waals surface area contributed by atoms with Crippen molar-refractivity contribution in [2.45, 2.75) is 37.8 Å². The first-order valence-corrected chi connectivity index (χ1v) is 12.6. The van der Waals surface area contributed by atoms with E-state index in [2.05, 4.69) is 15.4 Å². The highest BCUT2D eigenvalue weighted by Crippen LogP contribution is 2.34. The molecular weight excluding hydrogens is 468 g/mol. The molecule has 0 aliphatic carbocycles. The number of hydrogen-bond donors (Lipinski definition) is 1. The van der Waals surface area contributed by atoms with Crippen molar-refractivity contribution in [2.75, 3.05) is 5.32 Å². The van der Waals surface area contributed by atoms with Crippen molar-refractivity contribution < 1.29 is 13.2 Å². The molecule has 0 spiro atoms. The van der Waals surface area contributed by atoms with Crippen molar-refractivity contribution in [3.8, 4) is 5.13 Å². The summed E-state index contributed by atoms with van der Waals surface area (Å²) in [6, 6.07) is 11.4. The van der Waals surface area contributed by atoms with Gasteiger partial charge in [0, 0.05) is 11.6 Å². The second-order valence-electron chi connectivity index (χ2n) is 7.69. The first kappa shape index (κ1) is 22.4. The number of carbonyl (C=O) groups excluding carboxylic acids is 1. The lowest BCUT2D eigenvalue weighted by Crippen LogP contribution is -2.16. The molecule has 2 aromatic carbocycles. The Morgan fingerprint density at radius 1 is 1.12 bits per heavy atom. The van der Waals surface area contributed by atoms with Crippen molar-refractivity contribution in [3.05, 3.63) is 64.3 Å². The van der Waals surface area contributed by atoms with E-state index < -0.39 is 15.1 Å². The van der Waals surface area contributed by atoms with Gasteiger partial charge in [-0.05, 0) is 63.6 Å². The molecule has 0 fully saturated rings. The quantitative estimate of drug-likeness (QED) is 0.417. The van der Waals surface area contributed by atoms with Crippen LogP contribution in [0.5, 0.6) is 0 Å². The maximum atomic E-state index is 12.8. The molecule has 0 unspecified atom stereocenters. The largest absolute Gasteiger partial charge is 0.306 e. The lowest BCUT2D eigenvalue weighted by atomic mass is 10.2. The number of hydrogen-bond acceptors (Lipinski definition) is 6. The Bertz CT molecular complexity index is 1400. The molecule has 7 nitrogen and oxygen atoms in total. The zero-order valence-electron chi connectivity index (χ0n) is 17.9. The number of anilines is 1. The maximum Gasteiger partial charge on any atom is 0.256 e. The number of halogens is 1. The van der Waals surface area contributed by atoms with E-state index in [1.54, 1.807) is 24.6 Å². The van der Waals surface area contributed by atoms with Gasteiger partial charge in [-0.3, -0.25) is 4.79 Å². The molecule has 0 atom stereocenters. The Labute approximate surface area is 195 Å². The van der Waals surface area contributed by atoms with E-state index in [-0.39, 0.29) is 10.8 Å². The second-order valence-corrected chi connectivity index (χ2v) is 11.6. The zero-order valence-corrected chi connectivity index (χ0v) is 20.3. The van der Waals surface area contributed by atoms with E-state index in [1.807, 2.05) is 26.0 Å². The molecule has 10 heteroatoms. The van der Waals surface area contributed by atoms with Gasteiger partial charge in [0.15, 0.2) is 9.84 Å². The smallest absolute Gasteiger partial charge is 0.256 e. The van der Waals surface area contributed by atoms with Crippen molar-refractivity contribution in [2.24, 2.45) is 0 Å². The minimum Gasteiger partial charge on any atom is -0.306 e. The number of nitrogens with one attached hydrogen (secondary N) is 1. The number of carbonyl (C=O) groups is 1. The summed E-state index contributed by atoms with van der Waals surface area (Å²) in [7, 11) is -3.40. The number of rotatable bonds is 5. The number of aromatic nitrogens is 3. The van der Waals surface area contributed by atoms with Crippen LogP contribution in [0.4, 0.5) is 5.82 Å². The fraction of sp³-hybridized carbons (Fsp3) is 0.227. The van der Waals surface area contributed by atoms with Gasteiger partial charge in [-0.25, -0.2) is 13.4 Å². The molecule has 0 bridgehead atoms. The van der Waals surface area contributed by atoms with Crippen LogP contribution in [0.15, 0.2) is 47.4 Å². The second kappa shape index (κ2) is 8.31. The van der Waals surface area contributed by atoms with Crippen molar-refractivity contribution in [1.82, 2.24) is 14.8 Å². The summed E-state index contributed by atoms with van der Waals surface area (Å²) >= 11 is 7.72. The number of benzene rings is 2. The summed E-state index contributed by atoms with van der Waals surface area (Å²) in [6.07, 6.45) is 0. The normalized spacial score (nSPS) is 11.9. The van der Waals surface area contributed by atoms with Crippen LogP contribution in [0.25, 0.3) is 15.3 Å². The molecule has 4 rings (SSSR count). The highest BCUT2D eigenvalue weighted by molar-refractivity contribution is 7.92. The van der Waals surface area contributed by atoms with Crippen LogP contribution in [0.3, 0.4) is 0 Å². The Morgan fingerprint density at radius 3 is 2.44 bits per heavy atom. The molecule has 32 heavy (non-hydrogen) atoms. The van der Waals surface area contributed by atoms with Gasteiger partial charge in [0.2, 0.25) is 5.13 Å². The van der Waals surface area contributed by atoms with E-state index in [4.69, 9.17) is 11.6 Å². The first-order valence-electron chi connectivity index (χ1n) is 9.86. The molecule has 1 amide bonds. The topological polar surface area (TPSA) is 94.0 Å². The standard InChI is InChI=1S/C22H21ClN4O3S2/c1-12(2)32(29,30)16-8-6-15(7-9-16)21(28)24-18-11-14(4)26-27(18)22-25-19-13(3)5-10-17(23)20(19)31-22/h5-12H,1-4H3,(H,24,28). The Kier molecular flexibility index (Phi) is 5.83. The lowest BCUT2D eigenvalue weighted by molar-refractivity contribution is 0.102. The molecule has 166 valence electrons. The summed E-state index contributed by atoms with van der Waals surface area (Å²) < 4.78 is 27.0. The average Bonchev–Trinajstić information content (AvgIpc) is 3.35. The molecule has 0 radical (unpaired) electrons. The summed E-state index contributed by atoms with van der Waals surface area (Å²) in [6.45, 7) is 7.03. The van der Waals surface area contributed by atoms with Gasteiger partial charge in [-0.15, -0.1) is 0 Å². The third-order valence-electron chi connectivity index (χ3n) is 5.01. The first-order chi connectivity index (χ1) is 15.1. The highest BCUT2D eigenvalue weighted by atomic mass is 35.5. The number of amides is 1. The van der Waals surface area contributed by atoms with Gasteiger partial charge in [-0.2, -0.15) is 9.78 Å². The summed E-state index contributed by atoms with van der Waals surface area (Å²) in [5.41, 5.74) is 2.84. The molecule has 0 saturated carbocycles. The van der Waals surface area contributed by atoms with Gasteiger partial charge in [-0.1, -0.05) is 29.0 Å². The number of nitrogens with zero attached hydrogens (tertiary/aromatic N) is 3. The number of sulfone groups is 1. The fourth-order valence-corrected chi connectivity index (χ4v) is 5.51. The Hall–Kier alpha value is -2.75. The minimum atomic E-state index is -3.40. The molecule has 2 heterocycles. The molecule has 4 aromatic rings. The molecular formula is C22H21ClN4O3S2. The maximum absolute atomic E-state index is 12.8. The number of fused-ring (bicyclic) bond motifs is 1. The molecule has 2 aromatic heterocycles. The summed E-state index contributed by atoms with van der Waals surface area (Å²) in [4.78, 5) is 17.7. The number of aryl methyl sites for hydroxylation is 2. The van der Waals surface area contributed by atoms with Crippen LogP contribution < -0.4 is 5.32 Å². The predicted molar refractivity (Wildman–Crippen MR) is 128 cm³/mol. The van der Waals surface area contributed by atoms with Gasteiger partial charge >= 0.3 is 0 Å². The third-order valence-corrected chi connectivity index (χ3v) is 8.67. The molecule has 0 aliphatic rings. The van der Waals surface area contributed by atoms with E-state index in [0.717, 1.165) is 15.8 Å². The van der Waals surface area contributed by atoms with Gasteiger partial charge in [0.05, 0.1) is 31.1 Å². The van der Waals surface area contributed by atoms with Crippen molar-refractivity contribution in [1.29, 1.82) is 0 Å². The highest BCUT2D eigenvalue weighted by Gasteiger charge is 2.20. The van der Waals surface area contributed by atoms with Gasteiger partial charge in [0.1, 0.15) is 5.82 Å². The SMILES string of the molecule is Cc1cc(NC(=O)c2ccc(S(=O)(=O)C(C)C)cc2)n(-c2nc3c(C)ccc(Cl)c3s2)n1. The van der Waals surface area contributed by atoms with Crippen LogP contribution in [0.1, 0.15) is 35.5 Å². The zero-order chi connectivity index (χ0) is 23.2. The van der Waals surface area contributed by atoms with Crippen LogP contribution in [0.2, 0.25) is 5.02 Å². The predicted octanol–water partition coefficient (Wildman–Crippen LogP) is 5.19. The van der Waals surface area contributed by atoms with Gasteiger partial charge in [0.25, 0.3) is 5.91 Å². The van der Waals surface area contributed by atoms with E-state index in [9.17, 15) is 13.2 Å². The van der Waals surface area contributed by atoms with E-state index in [1.165, 1.54) is 35.6 Å². The summed E-state index contributed by atoms with van der Waals surface area (Å²) in [5, 5.41) is 7.98. The molecule has 0 aliphatic heterocycles. The Morgan fingerprint density at radius 2 is 1.81 bits per heavy atom. The Balaban J connectivity index is 1.65. The molecule has 1 N–H and O–H groups in total. The summed E-state index contributed by atoms with van der Waals surface area (Å²) in [5.74, 6) is 0.0779. The average molecular weight is 489 g/mol. The molecule has 0 saturated heterocycles. The van der Waals surface area contributed by atoms with E-state index in [0.29, 0.717) is 27.2 Å². The van der Waals surface area contributed by atoms with Crippen molar-refractivity contribution >= 4 is 54.7 Å². The van der Waals surface area contributed by atoms with Crippen molar-refractivity contribution in [3.63, 3.8) is 0 Å². The van der Waals surface area contributed by atoms with Gasteiger partial charge < -0.3 is 5.32 Å². The van der Waals surface area contributed by atoms with E-state index >= 15 is 0 Å². The third kappa shape index (κ3) is 4.03. The van der Waals surface area contributed by atoms with Crippen LogP contribution in [-0.2, 0) is 9.84 Å². The van der Waals surface area contributed by atoms with Crippen LogP contribution in [0, 0.1) is 13.8 Å².